The molecule has 0 N–H and O–H groups in total. The van der Waals surface area contributed by atoms with Gasteiger partial charge >= 0.3 is 0 Å². The van der Waals surface area contributed by atoms with Crippen LogP contribution in [0.4, 0.5) is 0 Å². The molecule has 0 aliphatic rings. The van der Waals surface area contributed by atoms with Crippen molar-refractivity contribution >= 4 is 19.7 Å². The van der Waals surface area contributed by atoms with Crippen LogP contribution < -0.4 is 5.30 Å². The highest BCUT2D eigenvalue weighted by Gasteiger charge is 2.23. The first-order chi connectivity index (χ1) is 15.1. The largest absolute Gasteiger partial charge is 0.0864 e. The van der Waals surface area contributed by atoms with Crippen molar-refractivity contribution in [1.82, 2.24) is 0 Å². The zero-order valence-corrected chi connectivity index (χ0v) is 24.6. The number of rotatable bonds is 3. The van der Waals surface area contributed by atoms with Crippen LogP contribution in [0.25, 0.3) is 22.3 Å². The first kappa shape index (κ1) is 26.0. The summed E-state index contributed by atoms with van der Waals surface area (Å²) >= 11 is 0. The highest BCUT2D eigenvalue weighted by Crippen LogP contribution is 2.49. The van der Waals surface area contributed by atoms with Crippen LogP contribution in [0.3, 0.4) is 0 Å². The van der Waals surface area contributed by atoms with Crippen LogP contribution in [0, 0.1) is 41.5 Å². The van der Waals surface area contributed by atoms with E-state index in [4.69, 9.17) is 0 Å². The molecule has 3 rings (SSSR count). The minimum Gasteiger partial charge on any atom is -0.0864 e. The van der Waals surface area contributed by atoms with Gasteiger partial charge in [-0.15, -0.1) is 0 Å². The molecule has 33 heavy (non-hydrogen) atoms. The van der Waals surface area contributed by atoms with Crippen molar-refractivity contribution in [3.05, 3.63) is 75.3 Å². The van der Waals surface area contributed by atoms with Crippen LogP contribution in [0.1, 0.15) is 59.7 Å². The summed E-state index contributed by atoms with van der Waals surface area (Å²) in [6.07, 6.45) is 0. The summed E-state index contributed by atoms with van der Waals surface area (Å²) in [5, 5.41) is 1.51. The fraction of sp³-hybridized carbons (Fsp3) is 0.419. The van der Waals surface area contributed by atoms with Crippen molar-refractivity contribution in [2.75, 3.05) is 20.0 Å². The van der Waals surface area contributed by atoms with Crippen LogP contribution in [0.15, 0.2) is 36.4 Å². The minimum absolute atomic E-state index is 0.0782. The number of benzene rings is 3. The molecule has 176 valence electrons. The third-order valence-corrected chi connectivity index (χ3v) is 9.95. The average Bonchev–Trinajstić information content (AvgIpc) is 2.59. The van der Waals surface area contributed by atoms with Gasteiger partial charge in [-0.3, -0.25) is 0 Å². The van der Waals surface area contributed by atoms with E-state index in [1.807, 2.05) is 0 Å². The molecule has 0 fully saturated rings. The van der Waals surface area contributed by atoms with Crippen LogP contribution in [0.2, 0.25) is 0 Å². The molecule has 0 radical (unpaired) electrons. The van der Waals surface area contributed by atoms with Gasteiger partial charge in [0.1, 0.15) is 0 Å². The Morgan fingerprint density at radius 3 is 1.18 bits per heavy atom. The van der Waals surface area contributed by atoms with Crippen LogP contribution in [0.5, 0.6) is 0 Å². The van der Waals surface area contributed by atoms with E-state index in [9.17, 15) is 0 Å². The van der Waals surface area contributed by atoms with E-state index in [0.717, 1.165) is 0 Å². The Morgan fingerprint density at radius 1 is 0.576 bits per heavy atom. The lowest BCUT2D eigenvalue weighted by Gasteiger charge is -2.27. The summed E-state index contributed by atoms with van der Waals surface area (Å²) in [5.74, 6) is 0. The molecule has 3 aromatic rings. The molecular weight excluding hydrogens is 434 g/mol. The van der Waals surface area contributed by atoms with Crippen LogP contribution in [-0.4, -0.2) is 20.0 Å². The Kier molecular flexibility index (Phi) is 7.26. The SMILES string of the molecule is Cc1cc(C)c(-c2cc(C(C)(C)C)cc(-c3c(C)cc(C)cc3C)c2P=P(C)(C)C)c(C)c1. The molecule has 2 heteroatoms. The van der Waals surface area contributed by atoms with Crippen LogP contribution in [-0.2, 0) is 5.41 Å². The Morgan fingerprint density at radius 2 is 0.909 bits per heavy atom. The molecular formula is C31H42P2. The van der Waals surface area contributed by atoms with Gasteiger partial charge in [0.2, 0.25) is 0 Å². The number of aryl methyl sites for hydroxylation is 6. The minimum atomic E-state index is -1.10. The normalized spacial score (nSPS) is 12.5. The quantitative estimate of drug-likeness (QED) is 0.330. The molecule has 0 heterocycles. The molecule has 0 saturated carbocycles. The van der Waals surface area contributed by atoms with Gasteiger partial charge in [-0.25, -0.2) is 0 Å². The van der Waals surface area contributed by atoms with E-state index >= 15 is 0 Å². The maximum absolute atomic E-state index is 2.50. The van der Waals surface area contributed by atoms with Crippen molar-refractivity contribution in [2.45, 2.75) is 67.7 Å². The van der Waals surface area contributed by atoms with E-state index < -0.39 is 6.55 Å². The third kappa shape index (κ3) is 5.73. The average molecular weight is 477 g/mol. The van der Waals surface area contributed by atoms with Gasteiger partial charge in [0.05, 0.1) is 0 Å². The van der Waals surface area contributed by atoms with Crippen molar-refractivity contribution in [3.63, 3.8) is 0 Å². The van der Waals surface area contributed by atoms with Gasteiger partial charge in [0.15, 0.2) is 0 Å². The second-order valence-corrected chi connectivity index (χ2v) is 20.5. The summed E-state index contributed by atoms with van der Waals surface area (Å²) in [4.78, 5) is 0. The lowest BCUT2D eigenvalue weighted by Crippen LogP contribution is -2.16. The van der Waals surface area contributed by atoms with Crippen LogP contribution >= 0.6 is 14.4 Å². The molecule has 0 aliphatic carbocycles. The molecule has 0 bridgehead atoms. The van der Waals surface area contributed by atoms with E-state index in [1.165, 1.54) is 74.4 Å². The third-order valence-electron chi connectivity index (χ3n) is 6.27. The van der Waals surface area contributed by atoms with E-state index in [2.05, 4.69) is 119 Å². The zero-order valence-electron chi connectivity index (χ0n) is 22.9. The smallest absolute Gasteiger partial charge is 0.0173 e. The predicted molar refractivity (Wildman–Crippen MR) is 156 cm³/mol. The fourth-order valence-electron chi connectivity index (χ4n) is 5.07. The summed E-state index contributed by atoms with van der Waals surface area (Å²) < 4.78 is 0. The molecule has 0 amide bonds. The standard InChI is InChI=1S/C31H42P2/c1-19-13-21(3)28(22(4)14-19)26-17-25(31(7,8)9)18-27(30(26)32-33(10,11)12)29-23(5)15-20(2)16-24(29)6/h13-18H,1-12H3. The molecule has 0 aromatic heterocycles. The molecule has 0 spiro atoms. The first-order valence-electron chi connectivity index (χ1n) is 12.0. The van der Waals surface area contributed by atoms with Crippen molar-refractivity contribution < 1.29 is 0 Å². The molecule has 0 unspecified atom stereocenters. The first-order valence-corrected chi connectivity index (χ1v) is 16.7. The Bertz CT molecular complexity index is 1140. The van der Waals surface area contributed by atoms with E-state index in [0.29, 0.717) is 0 Å². The summed E-state index contributed by atoms with van der Waals surface area (Å²) in [6, 6.07) is 14.4. The van der Waals surface area contributed by atoms with Crippen molar-refractivity contribution in [1.29, 1.82) is 0 Å². The van der Waals surface area contributed by atoms with Crippen molar-refractivity contribution in [2.24, 2.45) is 0 Å². The van der Waals surface area contributed by atoms with E-state index in [-0.39, 0.29) is 5.41 Å². The number of hydrogen-bond donors (Lipinski definition) is 0. The van der Waals surface area contributed by atoms with Gasteiger partial charge < -0.3 is 0 Å². The highest BCUT2D eigenvalue weighted by molar-refractivity contribution is 8.06. The molecule has 0 aliphatic heterocycles. The number of hydrogen-bond acceptors (Lipinski definition) is 0. The monoisotopic (exact) mass is 476 g/mol. The van der Waals surface area contributed by atoms with Gasteiger partial charge in [0.25, 0.3) is 0 Å². The Balaban J connectivity index is 2.61. The van der Waals surface area contributed by atoms with Crippen molar-refractivity contribution in [3.8, 4) is 22.3 Å². The lowest BCUT2D eigenvalue weighted by atomic mass is 9.81. The summed E-state index contributed by atoms with van der Waals surface area (Å²) in [7, 11) is 1.48. The molecule has 3 aromatic carbocycles. The van der Waals surface area contributed by atoms with Gasteiger partial charge in [-0.05, 0) is 129 Å². The summed E-state index contributed by atoms with van der Waals surface area (Å²) in [6.45, 7) is 26.9. The van der Waals surface area contributed by atoms with Gasteiger partial charge in [-0.1, -0.05) is 70.6 Å². The maximum atomic E-state index is 2.50. The second kappa shape index (κ2) is 9.21. The highest BCUT2D eigenvalue weighted by atomic mass is 31.8. The molecule has 0 atom stereocenters. The molecule has 0 saturated heterocycles. The van der Waals surface area contributed by atoms with Gasteiger partial charge in [-0.2, -0.15) is 0 Å². The predicted octanol–water partition coefficient (Wildman–Crippen LogP) is 9.56. The maximum Gasteiger partial charge on any atom is 0.0173 e. The zero-order chi connectivity index (χ0) is 24.9. The molecule has 0 nitrogen and oxygen atoms in total. The Labute approximate surface area is 204 Å². The summed E-state index contributed by atoms with van der Waals surface area (Å²) in [5.41, 5.74) is 15.4. The topological polar surface area (TPSA) is 0 Å². The lowest BCUT2D eigenvalue weighted by molar-refractivity contribution is 0.591. The Hall–Kier alpha value is -1.61. The fourth-order valence-corrected chi connectivity index (χ4v) is 8.68. The van der Waals surface area contributed by atoms with E-state index in [1.54, 1.807) is 0 Å². The van der Waals surface area contributed by atoms with Gasteiger partial charge in [0, 0.05) is 5.30 Å². The second-order valence-electron chi connectivity index (χ2n) is 11.8.